The van der Waals surface area contributed by atoms with E-state index < -0.39 is 17.6 Å². The van der Waals surface area contributed by atoms with Crippen LogP contribution in [0.1, 0.15) is 22.4 Å². The monoisotopic (exact) mass is 298 g/mol. The van der Waals surface area contributed by atoms with Crippen molar-refractivity contribution < 1.29 is 17.6 Å². The van der Waals surface area contributed by atoms with Gasteiger partial charge >= 0.3 is 6.18 Å². The number of rotatable bonds is 4. The van der Waals surface area contributed by atoms with Gasteiger partial charge in [-0.25, -0.2) is 4.39 Å². The third kappa shape index (κ3) is 4.01. The number of aryl methyl sites for hydroxylation is 1. The first-order valence-electron chi connectivity index (χ1n) is 6.35. The van der Waals surface area contributed by atoms with Gasteiger partial charge in [0.1, 0.15) is 5.82 Å². The van der Waals surface area contributed by atoms with E-state index in [-0.39, 0.29) is 12.1 Å². The van der Waals surface area contributed by atoms with Crippen LogP contribution in [0.2, 0.25) is 0 Å². The smallest absolute Gasteiger partial charge is 0.307 e. The van der Waals surface area contributed by atoms with Crippen molar-refractivity contribution in [3.05, 3.63) is 64.7 Å². The summed E-state index contributed by atoms with van der Waals surface area (Å²) in [6.07, 6.45) is -2.94. The Balaban J connectivity index is 2.09. The zero-order valence-electron chi connectivity index (χ0n) is 11.3. The minimum absolute atomic E-state index is 0.00879. The van der Waals surface area contributed by atoms with Crippen LogP contribution in [0, 0.1) is 12.7 Å². The molecule has 0 spiro atoms. The highest BCUT2D eigenvalue weighted by molar-refractivity contribution is 5.30. The lowest BCUT2D eigenvalue weighted by atomic mass is 10.1. The fourth-order valence-corrected chi connectivity index (χ4v) is 1.99. The van der Waals surface area contributed by atoms with Gasteiger partial charge in [0.05, 0.1) is 11.3 Å². The molecular weight excluding hydrogens is 284 g/mol. The largest absolute Gasteiger partial charge is 0.416 e. The molecule has 0 aliphatic rings. The van der Waals surface area contributed by atoms with Crippen molar-refractivity contribution in [3.63, 3.8) is 0 Å². The van der Waals surface area contributed by atoms with Crippen molar-refractivity contribution in [2.75, 3.05) is 0 Å². The number of benzene rings is 1. The summed E-state index contributed by atoms with van der Waals surface area (Å²) < 4.78 is 51.5. The van der Waals surface area contributed by atoms with Crippen LogP contribution in [-0.2, 0) is 19.3 Å². The number of halogens is 4. The highest BCUT2D eigenvalue weighted by atomic mass is 19.4. The van der Waals surface area contributed by atoms with Crippen LogP contribution in [0.3, 0.4) is 0 Å². The number of pyridine rings is 1. The zero-order chi connectivity index (χ0) is 15.5. The molecule has 112 valence electrons. The van der Waals surface area contributed by atoms with E-state index in [0.29, 0.717) is 12.6 Å². The molecule has 2 aromatic rings. The molecule has 1 aromatic heterocycles. The molecule has 0 radical (unpaired) electrons. The Kier molecular flexibility index (Phi) is 4.57. The van der Waals surface area contributed by atoms with Gasteiger partial charge in [-0.2, -0.15) is 13.2 Å². The molecule has 0 aliphatic carbocycles. The molecule has 1 aromatic carbocycles. The molecule has 6 heteroatoms. The van der Waals surface area contributed by atoms with E-state index in [1.807, 2.05) is 13.0 Å². The number of hydrogen-bond donors (Lipinski definition) is 1. The van der Waals surface area contributed by atoms with Crippen LogP contribution in [0.15, 0.2) is 36.5 Å². The first kappa shape index (κ1) is 15.4. The molecule has 0 unspecified atom stereocenters. The van der Waals surface area contributed by atoms with Gasteiger partial charge in [0.2, 0.25) is 0 Å². The summed E-state index contributed by atoms with van der Waals surface area (Å²) in [6.45, 7) is 2.22. The minimum Gasteiger partial charge on any atom is -0.307 e. The Hall–Kier alpha value is -1.95. The van der Waals surface area contributed by atoms with Gasteiger partial charge in [-0.15, -0.1) is 0 Å². The van der Waals surface area contributed by atoms with Crippen LogP contribution in [-0.4, -0.2) is 4.98 Å². The summed E-state index contributed by atoms with van der Waals surface area (Å²) in [5, 5.41) is 2.91. The van der Waals surface area contributed by atoms with Gasteiger partial charge in [0, 0.05) is 19.3 Å². The summed E-state index contributed by atoms with van der Waals surface area (Å²) in [4.78, 5) is 4.15. The Morgan fingerprint density at radius 2 is 1.90 bits per heavy atom. The maximum Gasteiger partial charge on any atom is 0.416 e. The fourth-order valence-electron chi connectivity index (χ4n) is 1.99. The highest BCUT2D eigenvalue weighted by Crippen LogP contribution is 2.32. The zero-order valence-corrected chi connectivity index (χ0v) is 11.3. The number of nitrogens with zero attached hydrogens (tertiary/aromatic N) is 1. The maximum atomic E-state index is 13.0. The predicted molar refractivity (Wildman–Crippen MR) is 70.9 cm³/mol. The predicted octanol–water partition coefficient (Wildman–Crippen LogP) is 3.84. The average molecular weight is 298 g/mol. The second-order valence-corrected chi connectivity index (χ2v) is 4.67. The summed E-state index contributed by atoms with van der Waals surface area (Å²) in [5.74, 6) is -0.897. The van der Waals surface area contributed by atoms with E-state index in [2.05, 4.69) is 10.3 Å². The van der Waals surface area contributed by atoms with Crippen LogP contribution >= 0.6 is 0 Å². The Labute approximate surface area is 119 Å². The van der Waals surface area contributed by atoms with Gasteiger partial charge < -0.3 is 5.32 Å². The lowest BCUT2D eigenvalue weighted by Gasteiger charge is -2.14. The minimum atomic E-state index is -4.57. The third-order valence-corrected chi connectivity index (χ3v) is 3.10. The third-order valence-electron chi connectivity index (χ3n) is 3.10. The number of alkyl halides is 3. The molecule has 0 atom stereocenters. The Bertz CT molecular complexity index is 623. The lowest BCUT2D eigenvalue weighted by Crippen LogP contribution is -2.18. The standard InChI is InChI=1S/C15H14F4N2/c1-10-3-2-6-21-14(10)9-20-8-11-4-5-12(16)7-13(11)15(17,18)19/h2-7,20H,8-9H2,1H3. The Morgan fingerprint density at radius 3 is 2.57 bits per heavy atom. The number of aromatic nitrogens is 1. The van der Waals surface area contributed by atoms with E-state index in [1.165, 1.54) is 0 Å². The number of nitrogens with one attached hydrogen (secondary N) is 1. The van der Waals surface area contributed by atoms with Crippen LogP contribution < -0.4 is 5.32 Å². The first-order valence-corrected chi connectivity index (χ1v) is 6.35. The van der Waals surface area contributed by atoms with Crippen molar-refractivity contribution in [3.8, 4) is 0 Å². The van der Waals surface area contributed by atoms with Gasteiger partial charge in [-0.1, -0.05) is 12.1 Å². The maximum absolute atomic E-state index is 13.0. The molecule has 0 fully saturated rings. The SMILES string of the molecule is Cc1cccnc1CNCc1ccc(F)cc1C(F)(F)F. The molecule has 0 aliphatic heterocycles. The quantitative estimate of drug-likeness (QED) is 0.868. The second kappa shape index (κ2) is 6.22. The molecule has 1 heterocycles. The van der Waals surface area contributed by atoms with Gasteiger partial charge in [-0.05, 0) is 36.2 Å². The summed E-state index contributed by atoms with van der Waals surface area (Å²) >= 11 is 0. The molecule has 2 nitrogen and oxygen atoms in total. The lowest BCUT2D eigenvalue weighted by molar-refractivity contribution is -0.138. The molecule has 1 N–H and O–H groups in total. The fraction of sp³-hybridized carbons (Fsp3) is 0.267. The average Bonchev–Trinajstić information content (AvgIpc) is 2.41. The molecule has 0 amide bonds. The molecule has 0 bridgehead atoms. The normalized spacial score (nSPS) is 11.7. The van der Waals surface area contributed by atoms with E-state index in [1.54, 1.807) is 12.3 Å². The van der Waals surface area contributed by atoms with Crippen LogP contribution in [0.4, 0.5) is 17.6 Å². The van der Waals surface area contributed by atoms with Crippen LogP contribution in [0.5, 0.6) is 0 Å². The van der Waals surface area contributed by atoms with E-state index in [9.17, 15) is 17.6 Å². The summed E-state index contributed by atoms with van der Waals surface area (Å²) in [7, 11) is 0. The van der Waals surface area contributed by atoms with Gasteiger partial charge in [-0.3, -0.25) is 4.98 Å². The van der Waals surface area contributed by atoms with Crippen molar-refractivity contribution in [2.24, 2.45) is 0 Å². The van der Waals surface area contributed by atoms with Crippen molar-refractivity contribution >= 4 is 0 Å². The van der Waals surface area contributed by atoms with E-state index in [0.717, 1.165) is 23.4 Å². The van der Waals surface area contributed by atoms with Crippen molar-refractivity contribution in [1.29, 1.82) is 0 Å². The van der Waals surface area contributed by atoms with E-state index in [4.69, 9.17) is 0 Å². The summed E-state index contributed by atoms with van der Waals surface area (Å²) in [6, 6.07) is 6.36. The molecule has 21 heavy (non-hydrogen) atoms. The second-order valence-electron chi connectivity index (χ2n) is 4.67. The highest BCUT2D eigenvalue weighted by Gasteiger charge is 2.33. The molecule has 2 rings (SSSR count). The van der Waals surface area contributed by atoms with Crippen LogP contribution in [0.25, 0.3) is 0 Å². The Morgan fingerprint density at radius 1 is 1.14 bits per heavy atom. The first-order chi connectivity index (χ1) is 9.88. The number of hydrogen-bond acceptors (Lipinski definition) is 2. The van der Waals surface area contributed by atoms with Crippen molar-refractivity contribution in [1.82, 2.24) is 10.3 Å². The molecule has 0 saturated heterocycles. The van der Waals surface area contributed by atoms with E-state index >= 15 is 0 Å². The van der Waals surface area contributed by atoms with Gasteiger partial charge in [0.25, 0.3) is 0 Å². The topological polar surface area (TPSA) is 24.9 Å². The van der Waals surface area contributed by atoms with Gasteiger partial charge in [0.15, 0.2) is 0 Å². The summed E-state index contributed by atoms with van der Waals surface area (Å²) in [5.41, 5.74) is 0.790. The van der Waals surface area contributed by atoms with Crippen molar-refractivity contribution in [2.45, 2.75) is 26.2 Å². The molecular formula is C15H14F4N2. The molecule has 0 saturated carbocycles.